The molecule has 0 bridgehead atoms. The number of likely N-dealkylation sites (tertiary alicyclic amines) is 1. The number of imide groups is 1. The van der Waals surface area contributed by atoms with E-state index >= 15 is 0 Å². The van der Waals surface area contributed by atoms with Crippen LogP contribution in [0.25, 0.3) is 0 Å². The Labute approximate surface area is 196 Å². The summed E-state index contributed by atoms with van der Waals surface area (Å²) < 4.78 is 11.2. The lowest BCUT2D eigenvalue weighted by Crippen LogP contribution is -2.52. The van der Waals surface area contributed by atoms with Crippen molar-refractivity contribution in [1.29, 1.82) is 0 Å². The molecular formula is C24H27N3O7. The van der Waals surface area contributed by atoms with Crippen molar-refractivity contribution >= 4 is 29.6 Å². The highest BCUT2D eigenvalue weighted by molar-refractivity contribution is 6.05. The van der Waals surface area contributed by atoms with Crippen molar-refractivity contribution in [3.8, 4) is 5.75 Å². The zero-order valence-electron chi connectivity index (χ0n) is 18.8. The van der Waals surface area contributed by atoms with Gasteiger partial charge in [0.05, 0.1) is 6.04 Å². The Morgan fingerprint density at radius 3 is 2.71 bits per heavy atom. The molecular weight excluding hydrogens is 442 g/mol. The molecule has 34 heavy (non-hydrogen) atoms. The number of amides is 4. The lowest BCUT2D eigenvalue weighted by molar-refractivity contribution is -0.155. The summed E-state index contributed by atoms with van der Waals surface area (Å²) in [4.78, 5) is 64.1. The fourth-order valence-corrected chi connectivity index (χ4v) is 5.18. The maximum absolute atomic E-state index is 12.9. The molecule has 3 atom stereocenters. The van der Waals surface area contributed by atoms with Crippen molar-refractivity contribution in [2.75, 3.05) is 13.2 Å². The molecule has 1 N–H and O–H groups in total. The highest BCUT2D eigenvalue weighted by Gasteiger charge is 2.40. The van der Waals surface area contributed by atoms with E-state index in [0.717, 1.165) is 24.8 Å². The highest BCUT2D eigenvalue weighted by Crippen LogP contribution is 2.31. The maximum atomic E-state index is 12.9. The van der Waals surface area contributed by atoms with Crippen molar-refractivity contribution in [2.24, 2.45) is 0 Å². The van der Waals surface area contributed by atoms with E-state index in [9.17, 15) is 24.0 Å². The number of carbonyl (C=O) groups excluding carboxylic acids is 5. The number of nitrogens with zero attached hydrogens (tertiary/aromatic N) is 2. The summed E-state index contributed by atoms with van der Waals surface area (Å²) >= 11 is 0. The molecule has 3 saturated heterocycles. The third-order valence-corrected chi connectivity index (χ3v) is 7.01. The number of hydrogen-bond acceptors (Lipinski definition) is 7. The van der Waals surface area contributed by atoms with Gasteiger partial charge in [0.15, 0.2) is 6.10 Å². The van der Waals surface area contributed by atoms with Gasteiger partial charge in [-0.15, -0.1) is 0 Å². The number of esters is 1. The molecule has 0 aromatic heterocycles. The third-order valence-electron chi connectivity index (χ3n) is 7.01. The lowest BCUT2D eigenvalue weighted by Gasteiger charge is -2.36. The van der Waals surface area contributed by atoms with Crippen LogP contribution in [0.15, 0.2) is 18.2 Å². The standard InChI is InChI=1S/C24H27N3O7/c28-20-8-6-18(22(30)25-20)27-12-14-11-16(4-5-17(14)23(27)31)33-13-15-3-1-2-10-26(15)24(32)19-7-9-21(29)34-19/h4-5,11,15,18-19H,1-3,6-10,12-13H2,(H,25,28,30)/t15-,18?,19-/m0/s1. The Morgan fingerprint density at radius 1 is 1.09 bits per heavy atom. The van der Waals surface area contributed by atoms with Crippen LogP contribution >= 0.6 is 0 Å². The average Bonchev–Trinajstić information content (AvgIpc) is 3.40. The van der Waals surface area contributed by atoms with Crippen LogP contribution in [-0.4, -0.2) is 70.7 Å². The van der Waals surface area contributed by atoms with E-state index in [0.29, 0.717) is 37.3 Å². The number of piperidine rings is 2. The molecule has 5 rings (SSSR count). The van der Waals surface area contributed by atoms with Crippen molar-refractivity contribution in [3.05, 3.63) is 29.3 Å². The summed E-state index contributed by atoms with van der Waals surface area (Å²) in [6.07, 6.45) is 3.22. The molecule has 4 aliphatic rings. The number of rotatable bonds is 5. The molecule has 10 nitrogen and oxygen atoms in total. The van der Waals surface area contributed by atoms with Crippen LogP contribution in [0.5, 0.6) is 5.75 Å². The zero-order valence-corrected chi connectivity index (χ0v) is 18.8. The molecule has 0 radical (unpaired) electrons. The quantitative estimate of drug-likeness (QED) is 0.502. The molecule has 0 spiro atoms. The monoisotopic (exact) mass is 469 g/mol. The molecule has 3 fully saturated rings. The molecule has 0 aliphatic carbocycles. The molecule has 4 aliphatic heterocycles. The Bertz CT molecular complexity index is 1060. The van der Waals surface area contributed by atoms with Gasteiger partial charge >= 0.3 is 5.97 Å². The number of cyclic esters (lactones) is 1. The topological polar surface area (TPSA) is 122 Å². The molecule has 10 heteroatoms. The largest absolute Gasteiger partial charge is 0.491 e. The predicted molar refractivity (Wildman–Crippen MR) is 116 cm³/mol. The fourth-order valence-electron chi connectivity index (χ4n) is 5.18. The first kappa shape index (κ1) is 22.4. The van der Waals surface area contributed by atoms with Gasteiger partial charge in [-0.05, 0) is 49.4 Å². The normalized spacial score (nSPS) is 26.9. The van der Waals surface area contributed by atoms with Crippen molar-refractivity contribution < 1.29 is 33.4 Å². The summed E-state index contributed by atoms with van der Waals surface area (Å²) in [7, 11) is 0. The van der Waals surface area contributed by atoms with Crippen LogP contribution in [0.1, 0.15) is 60.9 Å². The van der Waals surface area contributed by atoms with Crippen LogP contribution in [-0.2, 0) is 30.5 Å². The second-order valence-electron chi connectivity index (χ2n) is 9.23. The minimum atomic E-state index is -0.697. The van der Waals surface area contributed by atoms with E-state index in [-0.39, 0.29) is 49.1 Å². The Hall–Kier alpha value is -3.43. The van der Waals surface area contributed by atoms with Gasteiger partial charge in [-0.1, -0.05) is 0 Å². The van der Waals surface area contributed by atoms with Crippen LogP contribution in [0.4, 0.5) is 0 Å². The van der Waals surface area contributed by atoms with Crippen molar-refractivity contribution in [3.63, 3.8) is 0 Å². The Kier molecular flexibility index (Phi) is 5.97. The summed E-state index contributed by atoms with van der Waals surface area (Å²) in [5, 5.41) is 2.30. The van der Waals surface area contributed by atoms with E-state index < -0.39 is 18.1 Å². The SMILES string of the molecule is O=C1CCC(N2Cc3cc(OC[C@@H]4CCCCN4C(=O)[C@@H]4CCC(=O)O4)ccc3C2=O)C(=O)N1. The number of benzene rings is 1. The van der Waals surface area contributed by atoms with Crippen LogP contribution in [0, 0.1) is 0 Å². The van der Waals surface area contributed by atoms with Gasteiger partial charge in [-0.3, -0.25) is 29.3 Å². The predicted octanol–water partition coefficient (Wildman–Crippen LogP) is 0.913. The lowest BCUT2D eigenvalue weighted by atomic mass is 10.0. The second kappa shape index (κ2) is 9.08. The molecule has 180 valence electrons. The summed E-state index contributed by atoms with van der Waals surface area (Å²) in [6, 6.07) is 4.44. The van der Waals surface area contributed by atoms with E-state index in [1.54, 1.807) is 23.1 Å². The van der Waals surface area contributed by atoms with E-state index in [1.807, 2.05) is 0 Å². The zero-order chi connectivity index (χ0) is 23.8. The number of carbonyl (C=O) groups is 5. The number of fused-ring (bicyclic) bond motifs is 1. The van der Waals surface area contributed by atoms with Crippen LogP contribution in [0.2, 0.25) is 0 Å². The van der Waals surface area contributed by atoms with E-state index in [2.05, 4.69) is 5.32 Å². The van der Waals surface area contributed by atoms with Gasteiger partial charge in [0, 0.05) is 37.9 Å². The number of nitrogens with one attached hydrogen (secondary N) is 1. The molecule has 4 heterocycles. The van der Waals surface area contributed by atoms with Crippen LogP contribution in [0.3, 0.4) is 0 Å². The van der Waals surface area contributed by atoms with E-state index in [4.69, 9.17) is 9.47 Å². The number of ether oxygens (including phenoxy) is 2. The third kappa shape index (κ3) is 4.24. The minimum absolute atomic E-state index is 0.115. The van der Waals surface area contributed by atoms with Crippen LogP contribution < -0.4 is 10.1 Å². The smallest absolute Gasteiger partial charge is 0.306 e. The molecule has 1 aromatic rings. The molecule has 1 aromatic carbocycles. The summed E-state index contributed by atoms with van der Waals surface area (Å²) in [5.74, 6) is -0.889. The Balaban J connectivity index is 1.23. The fraction of sp³-hybridized carbons (Fsp3) is 0.542. The molecule has 4 amide bonds. The molecule has 1 unspecified atom stereocenters. The van der Waals surface area contributed by atoms with Gasteiger partial charge in [-0.25, -0.2) is 0 Å². The minimum Gasteiger partial charge on any atom is -0.491 e. The van der Waals surface area contributed by atoms with Crippen molar-refractivity contribution in [2.45, 2.75) is 69.7 Å². The van der Waals surface area contributed by atoms with E-state index in [1.165, 1.54) is 4.90 Å². The highest BCUT2D eigenvalue weighted by atomic mass is 16.6. The first-order valence-corrected chi connectivity index (χ1v) is 11.8. The van der Waals surface area contributed by atoms with Gasteiger partial charge in [-0.2, -0.15) is 0 Å². The average molecular weight is 469 g/mol. The number of hydrogen-bond donors (Lipinski definition) is 1. The first-order chi connectivity index (χ1) is 16.4. The summed E-state index contributed by atoms with van der Waals surface area (Å²) in [5.41, 5.74) is 1.29. The van der Waals surface area contributed by atoms with Gasteiger partial charge in [0.1, 0.15) is 18.4 Å². The van der Waals surface area contributed by atoms with Gasteiger partial charge < -0.3 is 19.3 Å². The maximum Gasteiger partial charge on any atom is 0.306 e. The first-order valence-electron chi connectivity index (χ1n) is 11.8. The second-order valence-corrected chi connectivity index (χ2v) is 9.23. The molecule has 0 saturated carbocycles. The summed E-state index contributed by atoms with van der Waals surface area (Å²) in [6.45, 7) is 1.19. The van der Waals surface area contributed by atoms with Gasteiger partial charge in [0.2, 0.25) is 11.8 Å². The Morgan fingerprint density at radius 2 is 1.94 bits per heavy atom. The van der Waals surface area contributed by atoms with Crippen molar-refractivity contribution in [1.82, 2.24) is 15.1 Å². The van der Waals surface area contributed by atoms with Gasteiger partial charge in [0.25, 0.3) is 11.8 Å².